The number of nitrogens with one attached hydrogen (secondary N) is 2. The summed E-state index contributed by atoms with van der Waals surface area (Å²) >= 11 is 0. The van der Waals surface area contributed by atoms with E-state index in [9.17, 15) is 0 Å². The summed E-state index contributed by atoms with van der Waals surface area (Å²) in [5, 5.41) is 7.47. The Morgan fingerprint density at radius 2 is 2.10 bits per heavy atom. The number of unbranched alkanes of at least 4 members (excludes halogenated alkanes) is 1. The molecule has 0 saturated heterocycles. The van der Waals surface area contributed by atoms with Gasteiger partial charge in [-0.2, -0.15) is 0 Å². The quantitative estimate of drug-likeness (QED) is 0.177. The zero-order valence-electron chi connectivity index (χ0n) is 12.6. The van der Waals surface area contributed by atoms with Gasteiger partial charge < -0.3 is 15.6 Å². The highest BCUT2D eigenvalue weighted by atomic mass is 15.4. The highest BCUT2D eigenvalue weighted by Crippen LogP contribution is 2.01. The molecule has 0 spiro atoms. The molecule has 0 atom stereocenters. The molecule has 0 aliphatic heterocycles. The van der Waals surface area contributed by atoms with Crippen molar-refractivity contribution in [3.63, 3.8) is 0 Å². The van der Waals surface area contributed by atoms with E-state index in [1.165, 1.54) is 0 Å². The van der Waals surface area contributed by atoms with Gasteiger partial charge in [-0.25, -0.2) is 5.84 Å². The number of hydrogen-bond acceptors (Lipinski definition) is 5. The van der Waals surface area contributed by atoms with Gasteiger partial charge in [-0.1, -0.05) is 13.2 Å². The second-order valence-corrected chi connectivity index (χ2v) is 4.20. The zero-order chi connectivity index (χ0) is 15.2. The average Bonchev–Trinajstić information content (AvgIpc) is 2.46. The van der Waals surface area contributed by atoms with Crippen molar-refractivity contribution in [1.82, 2.24) is 15.6 Å². The van der Waals surface area contributed by atoms with Crippen molar-refractivity contribution >= 4 is 5.71 Å². The number of hydrogen-bond donors (Lipinski definition) is 3. The Labute approximate surface area is 122 Å². The first-order chi connectivity index (χ1) is 9.63. The first kappa shape index (κ1) is 18.0. The van der Waals surface area contributed by atoms with Crippen molar-refractivity contribution in [1.29, 1.82) is 0 Å². The average molecular weight is 277 g/mol. The molecule has 0 unspecified atom stereocenters. The molecule has 0 fully saturated rings. The normalized spacial score (nSPS) is 11.8. The molecule has 5 nitrogen and oxygen atoms in total. The van der Waals surface area contributed by atoms with Crippen molar-refractivity contribution in [2.24, 2.45) is 10.8 Å². The predicted octanol–water partition coefficient (Wildman–Crippen LogP) is 1.90. The van der Waals surface area contributed by atoms with Crippen molar-refractivity contribution in [3.8, 4) is 0 Å². The third-order valence-electron chi connectivity index (χ3n) is 2.66. The van der Waals surface area contributed by atoms with E-state index in [-0.39, 0.29) is 0 Å². The van der Waals surface area contributed by atoms with Crippen LogP contribution in [0.25, 0.3) is 0 Å². The molecule has 5 heteroatoms. The van der Waals surface area contributed by atoms with E-state index >= 15 is 0 Å². The maximum atomic E-state index is 5.79. The van der Waals surface area contributed by atoms with E-state index in [0.717, 1.165) is 37.2 Å². The summed E-state index contributed by atoms with van der Waals surface area (Å²) in [5.41, 5.74) is 1.94. The van der Waals surface area contributed by atoms with E-state index in [4.69, 9.17) is 5.84 Å². The molecule has 0 amide bonds. The number of nitrogens with zero attached hydrogens (tertiary/aromatic N) is 2. The number of rotatable bonds is 11. The van der Waals surface area contributed by atoms with Crippen LogP contribution in [0.15, 0.2) is 54.6 Å². The summed E-state index contributed by atoms with van der Waals surface area (Å²) in [6.07, 6.45) is 12.0. The van der Waals surface area contributed by atoms with Crippen LogP contribution in [0.4, 0.5) is 0 Å². The molecular weight excluding hydrogens is 250 g/mol. The molecule has 0 aliphatic carbocycles. The molecule has 0 saturated carbocycles. The van der Waals surface area contributed by atoms with Crippen LogP contribution in [-0.2, 0) is 0 Å². The Hall–Kier alpha value is -2.01. The summed E-state index contributed by atoms with van der Waals surface area (Å²) in [6, 6.07) is 0. The minimum absolute atomic E-state index is 0.805. The van der Waals surface area contributed by atoms with Crippen LogP contribution >= 0.6 is 0 Å². The molecule has 0 heterocycles. The monoisotopic (exact) mass is 277 g/mol. The fourth-order valence-electron chi connectivity index (χ4n) is 1.43. The third-order valence-corrected chi connectivity index (χ3v) is 2.66. The largest absolute Gasteiger partial charge is 0.389 e. The van der Waals surface area contributed by atoms with Crippen LogP contribution < -0.4 is 16.5 Å². The molecule has 112 valence electrons. The lowest BCUT2D eigenvalue weighted by atomic mass is 10.1. The molecular formula is C15H27N5. The number of nitrogens with two attached hydrogens (primary N) is 1. The van der Waals surface area contributed by atoms with Gasteiger partial charge in [0.1, 0.15) is 0 Å². The summed E-state index contributed by atoms with van der Waals surface area (Å²) < 4.78 is 0. The maximum Gasteiger partial charge on any atom is 0.0345 e. The molecule has 0 aliphatic rings. The molecule has 0 rings (SSSR count). The van der Waals surface area contributed by atoms with E-state index in [1.807, 2.05) is 19.2 Å². The Morgan fingerprint density at radius 3 is 2.70 bits per heavy atom. The molecule has 0 radical (unpaired) electrons. The van der Waals surface area contributed by atoms with Crippen LogP contribution in [0, 0.1) is 0 Å². The van der Waals surface area contributed by atoms with Gasteiger partial charge in [-0.05, 0) is 37.6 Å². The summed E-state index contributed by atoms with van der Waals surface area (Å²) in [4.78, 5) is 4.25. The van der Waals surface area contributed by atoms with Crippen LogP contribution in [0.3, 0.4) is 0 Å². The van der Waals surface area contributed by atoms with Gasteiger partial charge in [-0.3, -0.25) is 4.99 Å². The standard InChI is InChI=1S/C15H27N5/c1-5-19-11-13-20(16)12-7-6-8-15(18-4)10-9-14(2)17-3/h5,9-11,13,17,19H,1-2,6-8,12,16H2,3-4H3/b10-9-,13-11+,18-15-. The Bertz CT molecular complexity index is 368. The van der Waals surface area contributed by atoms with Crippen LogP contribution in [0.1, 0.15) is 19.3 Å². The Kier molecular flexibility index (Phi) is 10.8. The summed E-state index contributed by atoms with van der Waals surface area (Å²) in [7, 11) is 3.65. The minimum atomic E-state index is 0.805. The molecule has 20 heavy (non-hydrogen) atoms. The number of likely N-dealkylation sites (N-methyl/N-ethyl adjacent to an activating group) is 1. The lowest BCUT2D eigenvalue weighted by Crippen LogP contribution is -2.26. The van der Waals surface area contributed by atoms with Crippen molar-refractivity contribution in [2.45, 2.75) is 19.3 Å². The van der Waals surface area contributed by atoms with Gasteiger partial charge in [-0.15, -0.1) is 0 Å². The minimum Gasteiger partial charge on any atom is -0.389 e. The Morgan fingerprint density at radius 1 is 1.35 bits per heavy atom. The van der Waals surface area contributed by atoms with Gasteiger partial charge in [0.25, 0.3) is 0 Å². The van der Waals surface area contributed by atoms with Crippen molar-refractivity contribution in [2.75, 3.05) is 20.6 Å². The van der Waals surface area contributed by atoms with E-state index in [0.29, 0.717) is 0 Å². The lowest BCUT2D eigenvalue weighted by molar-refractivity contribution is 0.380. The molecule has 4 N–H and O–H groups in total. The van der Waals surface area contributed by atoms with Gasteiger partial charge in [0.2, 0.25) is 0 Å². The topological polar surface area (TPSA) is 65.7 Å². The molecule has 0 bridgehead atoms. The van der Waals surface area contributed by atoms with Crippen molar-refractivity contribution < 1.29 is 0 Å². The second-order valence-electron chi connectivity index (χ2n) is 4.20. The summed E-state index contributed by atoms with van der Waals surface area (Å²) in [6.45, 7) is 8.19. The SMILES string of the molecule is C=CN/C=C/N(N)CCCCC(/C=C\C(=C)NC)=N/C. The number of allylic oxidation sites excluding steroid dienone is 2. The van der Waals surface area contributed by atoms with Crippen LogP contribution in [0.5, 0.6) is 0 Å². The Balaban J connectivity index is 3.89. The fraction of sp³-hybridized carbons (Fsp3) is 0.400. The fourth-order valence-corrected chi connectivity index (χ4v) is 1.43. The molecule has 0 aromatic heterocycles. The van der Waals surface area contributed by atoms with E-state index in [2.05, 4.69) is 28.8 Å². The maximum absolute atomic E-state index is 5.79. The summed E-state index contributed by atoms with van der Waals surface area (Å²) in [5.74, 6) is 5.79. The highest BCUT2D eigenvalue weighted by molar-refractivity contribution is 5.95. The number of aliphatic imine (C=N–C) groups is 1. The first-order valence-corrected chi connectivity index (χ1v) is 6.69. The van der Waals surface area contributed by atoms with Gasteiger partial charge in [0.05, 0.1) is 0 Å². The van der Waals surface area contributed by atoms with E-state index in [1.54, 1.807) is 30.7 Å². The van der Waals surface area contributed by atoms with Gasteiger partial charge >= 0.3 is 0 Å². The molecule has 0 aromatic carbocycles. The second kappa shape index (κ2) is 12.0. The smallest absolute Gasteiger partial charge is 0.0345 e. The predicted molar refractivity (Wildman–Crippen MR) is 87.9 cm³/mol. The van der Waals surface area contributed by atoms with E-state index < -0.39 is 0 Å². The van der Waals surface area contributed by atoms with Crippen LogP contribution in [0.2, 0.25) is 0 Å². The number of hydrazine groups is 1. The van der Waals surface area contributed by atoms with Crippen LogP contribution in [-0.4, -0.2) is 31.4 Å². The molecule has 0 aromatic rings. The first-order valence-electron chi connectivity index (χ1n) is 6.69. The van der Waals surface area contributed by atoms with Gasteiger partial charge in [0, 0.05) is 44.4 Å². The third kappa shape index (κ3) is 9.96. The zero-order valence-corrected chi connectivity index (χ0v) is 12.6. The lowest BCUT2D eigenvalue weighted by Gasteiger charge is -2.12. The van der Waals surface area contributed by atoms with Crippen molar-refractivity contribution in [3.05, 3.63) is 49.6 Å². The van der Waals surface area contributed by atoms with Gasteiger partial charge in [0.15, 0.2) is 0 Å². The highest BCUT2D eigenvalue weighted by Gasteiger charge is 1.97.